The number of allylic oxidation sites excluding steroid dienone is 2. The molecule has 1 amide bonds. The van der Waals surface area contributed by atoms with E-state index in [-0.39, 0.29) is 24.3 Å². The van der Waals surface area contributed by atoms with Gasteiger partial charge in [0.25, 0.3) is 0 Å². The summed E-state index contributed by atoms with van der Waals surface area (Å²) in [6, 6.07) is 0. The Kier molecular flexibility index (Phi) is 3.92. The number of rotatable bonds is 4. The fourth-order valence-electron chi connectivity index (χ4n) is 1.14. The molecule has 1 aliphatic carbocycles. The van der Waals surface area contributed by atoms with Crippen LogP contribution in [-0.2, 0) is 9.53 Å². The number of alkyl halides is 4. The van der Waals surface area contributed by atoms with Crippen molar-refractivity contribution in [2.75, 3.05) is 6.61 Å². The normalized spacial score (nSPS) is 20.9. The lowest BCUT2D eigenvalue weighted by molar-refractivity contribution is -0.164. The number of halogens is 4. The summed E-state index contributed by atoms with van der Waals surface area (Å²) in [7, 11) is 0. The molecule has 1 N–H and O–H groups in total. The highest BCUT2D eigenvalue weighted by Crippen LogP contribution is 2.23. The van der Waals surface area contributed by atoms with Gasteiger partial charge in [-0.1, -0.05) is 0 Å². The van der Waals surface area contributed by atoms with Crippen molar-refractivity contribution in [3.05, 3.63) is 23.6 Å². The highest BCUT2D eigenvalue weighted by molar-refractivity contribution is 5.53. The minimum absolute atomic E-state index is 0.0722. The molecule has 3 nitrogen and oxygen atoms in total. The van der Waals surface area contributed by atoms with E-state index in [2.05, 4.69) is 10.1 Å². The van der Waals surface area contributed by atoms with Gasteiger partial charge in [0.1, 0.15) is 11.9 Å². The molecule has 7 heteroatoms. The summed E-state index contributed by atoms with van der Waals surface area (Å²) in [5, 5.41) is 2.08. The first kappa shape index (κ1) is 12.5. The first-order valence-corrected chi connectivity index (χ1v) is 4.38. The van der Waals surface area contributed by atoms with E-state index in [1.807, 2.05) is 0 Å². The van der Waals surface area contributed by atoms with Crippen LogP contribution >= 0.6 is 0 Å². The molecule has 0 aromatic heterocycles. The Bertz CT molecular complexity index is 322. The summed E-state index contributed by atoms with van der Waals surface area (Å²) in [5.41, 5.74) is -0.0852. The predicted molar refractivity (Wildman–Crippen MR) is 46.9 cm³/mol. The van der Waals surface area contributed by atoms with Gasteiger partial charge in [0, 0.05) is 6.42 Å². The van der Waals surface area contributed by atoms with Gasteiger partial charge < -0.3 is 10.1 Å². The fourth-order valence-corrected chi connectivity index (χ4v) is 1.14. The van der Waals surface area contributed by atoms with Crippen molar-refractivity contribution < 1.29 is 27.1 Å². The van der Waals surface area contributed by atoms with Crippen LogP contribution in [0.1, 0.15) is 6.42 Å². The second-order valence-electron chi connectivity index (χ2n) is 3.07. The SMILES string of the molecule is O=CNC1=CC(F)CC=C1OCC(F)(F)F. The molecular weight excluding hydrogens is 230 g/mol. The number of amides is 1. The first-order valence-electron chi connectivity index (χ1n) is 4.38. The molecule has 0 radical (unpaired) electrons. The van der Waals surface area contributed by atoms with Crippen LogP contribution in [-0.4, -0.2) is 25.4 Å². The molecule has 1 unspecified atom stereocenters. The van der Waals surface area contributed by atoms with E-state index < -0.39 is 19.0 Å². The van der Waals surface area contributed by atoms with Crippen molar-refractivity contribution in [3.63, 3.8) is 0 Å². The van der Waals surface area contributed by atoms with E-state index in [1.165, 1.54) is 6.08 Å². The standard InChI is InChI=1S/C9H9F4NO2/c10-6-1-2-8(7(3-6)14-5-15)16-4-9(11,12)13/h2-3,5-6H,1,4H2,(H,14,15). The number of carbonyl (C=O) groups is 1. The zero-order valence-electron chi connectivity index (χ0n) is 8.05. The smallest absolute Gasteiger partial charge is 0.422 e. The maximum atomic E-state index is 12.8. The predicted octanol–water partition coefficient (Wildman–Crippen LogP) is 1.82. The van der Waals surface area contributed by atoms with Crippen LogP contribution in [0.15, 0.2) is 23.6 Å². The van der Waals surface area contributed by atoms with Gasteiger partial charge in [-0.15, -0.1) is 0 Å². The third-order valence-corrected chi connectivity index (χ3v) is 1.75. The van der Waals surface area contributed by atoms with Gasteiger partial charge in [-0.05, 0) is 12.2 Å². The molecule has 90 valence electrons. The average molecular weight is 239 g/mol. The van der Waals surface area contributed by atoms with Crippen molar-refractivity contribution in [2.24, 2.45) is 0 Å². The molecule has 0 fully saturated rings. The molecule has 0 saturated carbocycles. The number of hydrogen-bond acceptors (Lipinski definition) is 2. The number of hydrogen-bond donors (Lipinski definition) is 1. The van der Waals surface area contributed by atoms with Crippen LogP contribution in [0.25, 0.3) is 0 Å². The van der Waals surface area contributed by atoms with Crippen molar-refractivity contribution in [1.29, 1.82) is 0 Å². The Morgan fingerprint density at radius 1 is 1.56 bits per heavy atom. The van der Waals surface area contributed by atoms with E-state index in [1.54, 1.807) is 0 Å². The summed E-state index contributed by atoms with van der Waals surface area (Å²) >= 11 is 0. The topological polar surface area (TPSA) is 38.3 Å². The maximum absolute atomic E-state index is 12.8. The van der Waals surface area contributed by atoms with E-state index in [9.17, 15) is 22.4 Å². The lowest BCUT2D eigenvalue weighted by Crippen LogP contribution is -2.23. The van der Waals surface area contributed by atoms with Crippen molar-refractivity contribution in [2.45, 2.75) is 18.8 Å². The van der Waals surface area contributed by atoms with Crippen molar-refractivity contribution in [3.8, 4) is 0 Å². The van der Waals surface area contributed by atoms with Crippen LogP contribution in [0, 0.1) is 0 Å². The van der Waals surface area contributed by atoms with Gasteiger partial charge in [0.2, 0.25) is 6.41 Å². The lowest BCUT2D eigenvalue weighted by atomic mass is 10.1. The monoisotopic (exact) mass is 239 g/mol. The molecule has 1 atom stereocenters. The molecule has 0 aromatic rings. The Balaban J connectivity index is 2.64. The second-order valence-corrected chi connectivity index (χ2v) is 3.07. The Morgan fingerprint density at radius 2 is 2.25 bits per heavy atom. The molecule has 1 rings (SSSR count). The minimum atomic E-state index is -4.47. The Morgan fingerprint density at radius 3 is 2.81 bits per heavy atom. The van der Waals surface area contributed by atoms with Gasteiger partial charge in [-0.3, -0.25) is 4.79 Å². The van der Waals surface area contributed by atoms with Gasteiger partial charge in [0.05, 0.1) is 5.70 Å². The summed E-state index contributed by atoms with van der Waals surface area (Å²) in [6.07, 6.45) is -3.46. The van der Waals surface area contributed by atoms with Gasteiger partial charge in [-0.25, -0.2) is 4.39 Å². The van der Waals surface area contributed by atoms with Gasteiger partial charge in [0.15, 0.2) is 6.61 Å². The molecule has 0 heterocycles. The number of carbonyl (C=O) groups excluding carboxylic acids is 1. The molecule has 1 aliphatic rings. The summed E-state index contributed by atoms with van der Waals surface area (Å²) in [5.74, 6) is -0.168. The quantitative estimate of drug-likeness (QED) is 0.600. The zero-order chi connectivity index (χ0) is 12.2. The summed E-state index contributed by atoms with van der Waals surface area (Å²) in [6.45, 7) is -1.48. The molecule has 0 saturated heterocycles. The maximum Gasteiger partial charge on any atom is 0.422 e. The molecule has 0 bridgehead atoms. The zero-order valence-corrected chi connectivity index (χ0v) is 8.05. The average Bonchev–Trinajstić information content (AvgIpc) is 2.15. The highest BCUT2D eigenvalue weighted by atomic mass is 19.4. The summed E-state index contributed by atoms with van der Waals surface area (Å²) < 4.78 is 52.9. The van der Waals surface area contributed by atoms with E-state index in [4.69, 9.17) is 0 Å². The minimum Gasteiger partial charge on any atom is -0.482 e. The second kappa shape index (κ2) is 5.00. The van der Waals surface area contributed by atoms with Gasteiger partial charge >= 0.3 is 6.18 Å². The van der Waals surface area contributed by atoms with Crippen molar-refractivity contribution in [1.82, 2.24) is 5.32 Å². The molecular formula is C9H9F4NO2. The lowest BCUT2D eigenvalue weighted by Gasteiger charge is -2.18. The molecule has 0 aromatic carbocycles. The van der Waals surface area contributed by atoms with Crippen LogP contribution in [0.5, 0.6) is 0 Å². The van der Waals surface area contributed by atoms with E-state index in [0.29, 0.717) is 0 Å². The third-order valence-electron chi connectivity index (χ3n) is 1.75. The largest absolute Gasteiger partial charge is 0.482 e. The van der Waals surface area contributed by atoms with E-state index >= 15 is 0 Å². The van der Waals surface area contributed by atoms with Crippen LogP contribution < -0.4 is 5.32 Å². The molecule has 0 spiro atoms. The third kappa shape index (κ3) is 3.92. The van der Waals surface area contributed by atoms with Gasteiger partial charge in [-0.2, -0.15) is 13.2 Å². The molecule has 0 aliphatic heterocycles. The van der Waals surface area contributed by atoms with Crippen LogP contribution in [0.3, 0.4) is 0 Å². The van der Waals surface area contributed by atoms with Crippen molar-refractivity contribution >= 4 is 6.41 Å². The van der Waals surface area contributed by atoms with Crippen LogP contribution in [0.2, 0.25) is 0 Å². The molecule has 16 heavy (non-hydrogen) atoms. The summed E-state index contributed by atoms with van der Waals surface area (Å²) in [4.78, 5) is 10.1. The fraction of sp³-hybridized carbons (Fsp3) is 0.444. The Labute approximate surface area is 88.8 Å². The van der Waals surface area contributed by atoms with Crippen LogP contribution in [0.4, 0.5) is 17.6 Å². The number of nitrogens with one attached hydrogen (secondary N) is 1. The highest BCUT2D eigenvalue weighted by Gasteiger charge is 2.29. The van der Waals surface area contributed by atoms with E-state index in [0.717, 1.165) is 6.08 Å². The number of ether oxygens (including phenoxy) is 1. The Hall–Kier alpha value is -1.53. The first-order chi connectivity index (χ1) is 7.42.